The Morgan fingerprint density at radius 2 is 1.56 bits per heavy atom. The second kappa shape index (κ2) is 1.78. The van der Waals surface area contributed by atoms with Gasteiger partial charge in [0.1, 0.15) is 20.2 Å². The zero-order valence-corrected chi connectivity index (χ0v) is 5.54. The molecule has 0 saturated carbocycles. The van der Waals surface area contributed by atoms with E-state index in [-0.39, 0.29) is 0 Å². The van der Waals surface area contributed by atoms with Gasteiger partial charge in [0.05, 0.1) is 0 Å². The van der Waals surface area contributed by atoms with Crippen molar-refractivity contribution in [3.8, 4) is 0 Å². The van der Waals surface area contributed by atoms with Gasteiger partial charge >= 0.3 is 7.82 Å². The van der Waals surface area contributed by atoms with Crippen molar-refractivity contribution in [3.05, 3.63) is 0 Å². The van der Waals surface area contributed by atoms with Gasteiger partial charge in [-0.15, -0.1) is 0 Å². The molecular weight excluding hydrogens is 145 g/mol. The molecule has 0 atom stereocenters. The van der Waals surface area contributed by atoms with Crippen molar-refractivity contribution < 1.29 is 18.1 Å². The maximum absolute atomic E-state index is 10.9. The lowest BCUT2D eigenvalue weighted by Gasteiger charge is -2.36. The summed E-state index contributed by atoms with van der Waals surface area (Å²) in [6.07, 6.45) is 0. The minimum atomic E-state index is -3.07. The van der Waals surface area contributed by atoms with E-state index in [1.807, 2.05) is 0 Å². The predicted molar refractivity (Wildman–Crippen MR) is 27.3 cm³/mol. The molecule has 6 heteroatoms. The van der Waals surface area contributed by atoms with Crippen LogP contribution in [0.4, 0.5) is 0 Å². The lowest BCUT2D eigenvalue weighted by molar-refractivity contribution is -0.122. The minimum absolute atomic E-state index is 0.358. The molecular formula is C3H6NO4P. The summed E-state index contributed by atoms with van der Waals surface area (Å²) in [6.45, 7) is 1.08. The molecule has 3 heterocycles. The van der Waals surface area contributed by atoms with Crippen molar-refractivity contribution in [2.75, 3.05) is 20.2 Å². The molecule has 5 nitrogen and oxygen atoms in total. The first-order chi connectivity index (χ1) is 4.29. The summed E-state index contributed by atoms with van der Waals surface area (Å²) < 4.78 is 25.1. The lowest BCUT2D eigenvalue weighted by atomic mass is 10.9. The highest BCUT2D eigenvalue weighted by Crippen LogP contribution is 2.54. The van der Waals surface area contributed by atoms with Crippen molar-refractivity contribution in [3.63, 3.8) is 0 Å². The van der Waals surface area contributed by atoms with Gasteiger partial charge in [-0.2, -0.15) is 0 Å². The molecule has 0 unspecified atom stereocenters. The van der Waals surface area contributed by atoms with Gasteiger partial charge in [0.15, 0.2) is 0 Å². The Labute approximate surface area is 52.1 Å². The smallest absolute Gasteiger partial charge is 0.271 e. The number of nitrogens with zero attached hydrogens (tertiary/aromatic N) is 1. The second-order valence-electron chi connectivity index (χ2n) is 1.89. The van der Waals surface area contributed by atoms with Crippen LogP contribution < -0.4 is 0 Å². The van der Waals surface area contributed by atoms with Crippen molar-refractivity contribution in [2.24, 2.45) is 0 Å². The lowest BCUT2D eigenvalue weighted by Crippen LogP contribution is -2.39. The van der Waals surface area contributed by atoms with Gasteiger partial charge in [-0.25, -0.2) is 9.46 Å². The Morgan fingerprint density at radius 1 is 1.11 bits per heavy atom. The predicted octanol–water partition coefficient (Wildman–Crippen LogP) is 0.346. The van der Waals surface area contributed by atoms with Crippen molar-refractivity contribution >= 4 is 7.82 Å². The molecule has 2 bridgehead atoms. The summed E-state index contributed by atoms with van der Waals surface area (Å²) in [4.78, 5) is 1.75. The normalized spacial score (nSPS) is 49.6. The first-order valence-corrected chi connectivity index (χ1v) is 4.01. The molecule has 0 aromatic rings. The highest BCUT2D eigenvalue weighted by molar-refractivity contribution is 7.48. The summed E-state index contributed by atoms with van der Waals surface area (Å²) in [5.74, 6) is 0. The summed E-state index contributed by atoms with van der Waals surface area (Å²) >= 11 is 0. The number of phosphoric acid groups is 1. The summed E-state index contributed by atoms with van der Waals surface area (Å²) in [5.41, 5.74) is 0. The molecule has 3 fully saturated rings. The third kappa shape index (κ3) is 0.911. The van der Waals surface area contributed by atoms with Gasteiger partial charge in [-0.1, -0.05) is 0 Å². The quantitative estimate of drug-likeness (QED) is 0.467. The SMILES string of the molecule is O=P12OCN(CO1)CO2. The number of hydrogen-bond donors (Lipinski definition) is 0. The highest BCUT2D eigenvalue weighted by Gasteiger charge is 2.38. The molecule has 3 aliphatic rings. The van der Waals surface area contributed by atoms with Crippen LogP contribution in [0.3, 0.4) is 0 Å². The van der Waals surface area contributed by atoms with Crippen LogP contribution in [0, 0.1) is 0 Å². The summed E-state index contributed by atoms with van der Waals surface area (Å²) in [6, 6.07) is 0. The van der Waals surface area contributed by atoms with Crippen molar-refractivity contribution in [1.82, 2.24) is 4.90 Å². The molecule has 0 spiro atoms. The van der Waals surface area contributed by atoms with E-state index in [1.54, 1.807) is 4.90 Å². The van der Waals surface area contributed by atoms with E-state index >= 15 is 0 Å². The fourth-order valence-electron chi connectivity index (χ4n) is 0.681. The Bertz CT molecular complexity index is 143. The number of fused-ring (bicyclic) bond motifs is 3. The Kier molecular flexibility index (Phi) is 1.15. The largest absolute Gasteiger partial charge is 0.478 e. The number of hydrogen-bond acceptors (Lipinski definition) is 5. The monoisotopic (exact) mass is 151 g/mol. The molecule has 0 aliphatic carbocycles. The Morgan fingerprint density at radius 3 is 1.78 bits per heavy atom. The molecule has 0 aromatic heterocycles. The summed E-state index contributed by atoms with van der Waals surface area (Å²) in [5, 5.41) is 0. The molecule has 0 radical (unpaired) electrons. The van der Waals surface area contributed by atoms with Gasteiger partial charge in [0.25, 0.3) is 0 Å². The number of phosphoric ester groups is 1. The summed E-state index contributed by atoms with van der Waals surface area (Å²) in [7, 11) is -3.07. The molecule has 0 N–H and O–H groups in total. The Hall–Kier alpha value is 0.0700. The van der Waals surface area contributed by atoms with Gasteiger partial charge in [0, 0.05) is 0 Å². The zero-order valence-electron chi connectivity index (χ0n) is 4.65. The van der Waals surface area contributed by atoms with Crippen LogP contribution in [0.15, 0.2) is 0 Å². The van der Waals surface area contributed by atoms with Gasteiger partial charge in [0.2, 0.25) is 0 Å². The van der Waals surface area contributed by atoms with E-state index < -0.39 is 7.82 Å². The van der Waals surface area contributed by atoms with E-state index in [0.717, 1.165) is 0 Å². The van der Waals surface area contributed by atoms with Gasteiger partial charge < -0.3 is 0 Å². The maximum atomic E-state index is 10.9. The average Bonchev–Trinajstić information content (AvgIpc) is 1.90. The third-order valence-corrected chi connectivity index (χ3v) is 2.49. The second-order valence-corrected chi connectivity index (χ2v) is 3.56. The van der Waals surface area contributed by atoms with Gasteiger partial charge in [-0.3, -0.25) is 13.6 Å². The van der Waals surface area contributed by atoms with E-state index in [4.69, 9.17) is 13.6 Å². The molecule has 0 aromatic carbocycles. The molecule has 3 aliphatic heterocycles. The van der Waals surface area contributed by atoms with Crippen molar-refractivity contribution in [1.29, 1.82) is 0 Å². The molecule has 9 heavy (non-hydrogen) atoms. The first-order valence-electron chi connectivity index (χ1n) is 2.55. The number of rotatable bonds is 0. The maximum Gasteiger partial charge on any atom is 0.478 e. The standard InChI is InChI=1S/C3H6NO4P/c5-9-6-1-4(2-7-9)3-8-9/h1-3H2. The fraction of sp³-hybridized carbons (Fsp3) is 1.00. The fourth-order valence-corrected chi connectivity index (χ4v) is 1.82. The van der Waals surface area contributed by atoms with Crippen LogP contribution in [-0.2, 0) is 18.1 Å². The first kappa shape index (κ1) is 5.82. The third-order valence-electron chi connectivity index (χ3n) is 1.20. The van der Waals surface area contributed by atoms with E-state index in [0.29, 0.717) is 20.2 Å². The van der Waals surface area contributed by atoms with Crippen LogP contribution in [0.25, 0.3) is 0 Å². The minimum Gasteiger partial charge on any atom is -0.271 e. The van der Waals surface area contributed by atoms with E-state index in [9.17, 15) is 4.57 Å². The molecule has 0 amide bonds. The van der Waals surface area contributed by atoms with E-state index in [1.165, 1.54) is 0 Å². The topological polar surface area (TPSA) is 48.0 Å². The zero-order chi connectivity index (χ0) is 6.32. The van der Waals surface area contributed by atoms with Crippen LogP contribution in [0.2, 0.25) is 0 Å². The molecule has 3 rings (SSSR count). The van der Waals surface area contributed by atoms with Gasteiger partial charge in [-0.05, 0) is 0 Å². The molecule has 52 valence electrons. The van der Waals surface area contributed by atoms with Crippen LogP contribution in [0.1, 0.15) is 0 Å². The van der Waals surface area contributed by atoms with Crippen LogP contribution in [0.5, 0.6) is 0 Å². The molecule has 3 saturated heterocycles. The average molecular weight is 151 g/mol. The highest BCUT2D eigenvalue weighted by atomic mass is 31.2. The van der Waals surface area contributed by atoms with E-state index in [2.05, 4.69) is 0 Å². The Balaban J connectivity index is 2.20. The van der Waals surface area contributed by atoms with Crippen LogP contribution >= 0.6 is 7.82 Å². The van der Waals surface area contributed by atoms with Crippen molar-refractivity contribution in [2.45, 2.75) is 0 Å². The van der Waals surface area contributed by atoms with Crippen LogP contribution in [-0.4, -0.2) is 25.1 Å².